The summed E-state index contributed by atoms with van der Waals surface area (Å²) in [6, 6.07) is 12.4. The smallest absolute Gasteiger partial charge is 0.420 e. The summed E-state index contributed by atoms with van der Waals surface area (Å²) in [5.41, 5.74) is 3.01. The molecule has 1 amide bonds. The van der Waals surface area contributed by atoms with Gasteiger partial charge < -0.3 is 14.1 Å². The third-order valence-corrected chi connectivity index (χ3v) is 4.79. The Bertz CT molecular complexity index is 1100. The third kappa shape index (κ3) is 3.01. The Balaban J connectivity index is 1.66. The second-order valence-electron chi connectivity index (χ2n) is 6.41. The number of amides is 1. The van der Waals surface area contributed by atoms with E-state index in [9.17, 15) is 14.4 Å². The second kappa shape index (κ2) is 6.75. The van der Waals surface area contributed by atoms with Crippen LogP contribution in [0.3, 0.4) is 0 Å². The number of methoxy groups -OCH3 is 1. The molecule has 0 atom stereocenters. The van der Waals surface area contributed by atoms with Gasteiger partial charge in [0.15, 0.2) is 5.58 Å². The van der Waals surface area contributed by atoms with Crippen molar-refractivity contribution < 1.29 is 18.7 Å². The van der Waals surface area contributed by atoms with E-state index in [1.54, 1.807) is 17.0 Å². The predicted molar refractivity (Wildman–Crippen MR) is 98.9 cm³/mol. The number of carbonyl (C=O) groups is 2. The monoisotopic (exact) mass is 366 g/mol. The Morgan fingerprint density at radius 1 is 1.19 bits per heavy atom. The molecule has 2 aromatic carbocycles. The van der Waals surface area contributed by atoms with Crippen LogP contribution >= 0.6 is 0 Å². The van der Waals surface area contributed by atoms with Crippen molar-refractivity contribution in [2.24, 2.45) is 0 Å². The summed E-state index contributed by atoms with van der Waals surface area (Å²) < 4.78 is 11.2. The van der Waals surface area contributed by atoms with Crippen LogP contribution in [0, 0.1) is 0 Å². The highest BCUT2D eigenvalue weighted by Gasteiger charge is 2.24. The summed E-state index contributed by atoms with van der Waals surface area (Å²) in [5, 5.41) is 0. The van der Waals surface area contributed by atoms with Crippen LogP contribution in [0.4, 0.5) is 5.69 Å². The summed E-state index contributed by atoms with van der Waals surface area (Å²) in [7, 11) is 1.28. The number of aromatic nitrogens is 1. The van der Waals surface area contributed by atoms with Crippen LogP contribution < -0.4 is 10.7 Å². The van der Waals surface area contributed by atoms with Crippen LogP contribution in [0.5, 0.6) is 0 Å². The van der Waals surface area contributed by atoms with E-state index in [-0.39, 0.29) is 23.6 Å². The van der Waals surface area contributed by atoms with Gasteiger partial charge in [-0.1, -0.05) is 18.2 Å². The van der Waals surface area contributed by atoms with Gasteiger partial charge in [0.25, 0.3) is 0 Å². The molecule has 7 heteroatoms. The maximum atomic E-state index is 12.9. The molecule has 0 saturated heterocycles. The molecule has 1 aliphatic rings. The largest absolute Gasteiger partial charge is 0.465 e. The molecule has 0 saturated carbocycles. The van der Waals surface area contributed by atoms with Gasteiger partial charge in [-0.15, -0.1) is 0 Å². The fourth-order valence-corrected chi connectivity index (χ4v) is 3.47. The number of fused-ring (bicyclic) bond motifs is 2. The lowest BCUT2D eigenvalue weighted by Crippen LogP contribution is -2.39. The van der Waals surface area contributed by atoms with E-state index in [1.807, 2.05) is 24.3 Å². The summed E-state index contributed by atoms with van der Waals surface area (Å²) in [6.07, 6.45) is 1.82. The van der Waals surface area contributed by atoms with Gasteiger partial charge in [-0.3, -0.25) is 9.36 Å². The highest BCUT2D eigenvalue weighted by Crippen LogP contribution is 2.27. The van der Waals surface area contributed by atoms with Crippen LogP contribution in [-0.2, 0) is 22.5 Å². The lowest BCUT2D eigenvalue weighted by Gasteiger charge is -2.29. The molecule has 138 valence electrons. The number of hydrogen-bond acceptors (Lipinski definition) is 5. The number of ether oxygens (including phenoxy) is 1. The van der Waals surface area contributed by atoms with Gasteiger partial charge in [0.2, 0.25) is 5.91 Å². The molecule has 3 aromatic rings. The molecule has 0 aliphatic carbocycles. The van der Waals surface area contributed by atoms with E-state index in [1.165, 1.54) is 17.7 Å². The first-order valence-electron chi connectivity index (χ1n) is 8.68. The molecule has 0 spiro atoms. The van der Waals surface area contributed by atoms with Gasteiger partial charge in [-0.2, -0.15) is 0 Å². The Labute approximate surface area is 154 Å². The van der Waals surface area contributed by atoms with Crippen molar-refractivity contribution in [1.29, 1.82) is 0 Å². The Hall–Kier alpha value is -3.35. The van der Waals surface area contributed by atoms with E-state index >= 15 is 0 Å². The molecule has 2 heterocycles. The van der Waals surface area contributed by atoms with E-state index in [0.717, 1.165) is 24.1 Å². The van der Waals surface area contributed by atoms with Crippen molar-refractivity contribution in [3.05, 3.63) is 64.1 Å². The standard InChI is InChI=1S/C20H18N2O5/c1-26-19(24)14-8-9-16-17(11-14)27-20(25)22(16)12-18(23)21-10-4-6-13-5-2-3-7-15(13)21/h2-3,5,7-9,11H,4,6,10,12H2,1H3. The molecular weight excluding hydrogens is 348 g/mol. The Morgan fingerprint density at radius 3 is 2.81 bits per heavy atom. The SMILES string of the molecule is COC(=O)c1ccc2c(c1)oc(=O)n2CC(=O)N1CCCc2ccccc21. The minimum atomic E-state index is -0.634. The number of oxazole rings is 1. The Kier molecular flexibility index (Phi) is 4.27. The lowest BCUT2D eigenvalue weighted by molar-refractivity contribution is -0.119. The minimum absolute atomic E-state index is 0.127. The average Bonchev–Trinajstić information content (AvgIpc) is 3.01. The molecule has 0 bridgehead atoms. The summed E-state index contributed by atoms with van der Waals surface area (Å²) in [6.45, 7) is 0.491. The van der Waals surface area contributed by atoms with E-state index < -0.39 is 11.7 Å². The van der Waals surface area contributed by atoms with E-state index in [4.69, 9.17) is 4.42 Å². The first-order valence-corrected chi connectivity index (χ1v) is 8.68. The minimum Gasteiger partial charge on any atom is -0.465 e. The van der Waals surface area contributed by atoms with E-state index in [2.05, 4.69) is 4.74 Å². The molecule has 7 nitrogen and oxygen atoms in total. The van der Waals surface area contributed by atoms with Crippen molar-refractivity contribution in [1.82, 2.24) is 4.57 Å². The second-order valence-corrected chi connectivity index (χ2v) is 6.41. The number of hydrogen-bond donors (Lipinski definition) is 0. The molecule has 0 unspecified atom stereocenters. The number of nitrogens with zero attached hydrogens (tertiary/aromatic N) is 2. The zero-order valence-corrected chi connectivity index (χ0v) is 14.8. The van der Waals surface area contributed by atoms with Gasteiger partial charge in [-0.05, 0) is 42.7 Å². The number of esters is 1. The first-order chi connectivity index (χ1) is 13.1. The summed E-state index contributed by atoms with van der Waals surface area (Å²) in [5.74, 6) is -1.33. The Morgan fingerprint density at radius 2 is 2.00 bits per heavy atom. The maximum absolute atomic E-state index is 12.9. The average molecular weight is 366 g/mol. The quantitative estimate of drug-likeness (QED) is 0.665. The molecule has 27 heavy (non-hydrogen) atoms. The van der Waals surface area contributed by atoms with Crippen molar-refractivity contribution in [2.45, 2.75) is 19.4 Å². The predicted octanol–water partition coefficient (Wildman–Crippen LogP) is 2.36. The highest BCUT2D eigenvalue weighted by molar-refractivity contribution is 5.96. The fraction of sp³-hybridized carbons (Fsp3) is 0.250. The molecule has 1 aromatic heterocycles. The van der Waals surface area contributed by atoms with Gasteiger partial charge in [0.05, 0.1) is 18.2 Å². The molecule has 0 fully saturated rings. The number of benzene rings is 2. The fourth-order valence-electron chi connectivity index (χ4n) is 3.47. The molecule has 0 N–H and O–H groups in total. The van der Waals surface area contributed by atoms with E-state index in [0.29, 0.717) is 12.1 Å². The van der Waals surface area contributed by atoms with Gasteiger partial charge in [0.1, 0.15) is 6.54 Å². The number of aryl methyl sites for hydroxylation is 1. The molecule has 1 aliphatic heterocycles. The summed E-state index contributed by atoms with van der Waals surface area (Å²) >= 11 is 0. The number of carbonyl (C=O) groups excluding carboxylic acids is 2. The molecule has 4 rings (SSSR count). The van der Waals surface area contributed by atoms with Crippen LogP contribution in [-0.4, -0.2) is 30.1 Å². The maximum Gasteiger partial charge on any atom is 0.420 e. The van der Waals surface area contributed by atoms with Crippen LogP contribution in [0.1, 0.15) is 22.3 Å². The van der Waals surface area contributed by atoms with Gasteiger partial charge >= 0.3 is 11.7 Å². The number of rotatable bonds is 3. The van der Waals surface area contributed by atoms with Crippen molar-refractivity contribution in [3.63, 3.8) is 0 Å². The van der Waals surface area contributed by atoms with Crippen molar-refractivity contribution in [3.8, 4) is 0 Å². The number of anilines is 1. The zero-order chi connectivity index (χ0) is 19.0. The molecule has 0 radical (unpaired) electrons. The lowest BCUT2D eigenvalue weighted by atomic mass is 10.0. The third-order valence-electron chi connectivity index (χ3n) is 4.79. The molecular formula is C20H18N2O5. The zero-order valence-electron chi connectivity index (χ0n) is 14.8. The highest BCUT2D eigenvalue weighted by atomic mass is 16.5. The van der Waals surface area contributed by atoms with Gasteiger partial charge in [-0.25, -0.2) is 9.59 Å². The van der Waals surface area contributed by atoms with Crippen LogP contribution in [0.2, 0.25) is 0 Å². The van der Waals surface area contributed by atoms with Gasteiger partial charge in [0, 0.05) is 12.2 Å². The van der Waals surface area contributed by atoms with Crippen LogP contribution in [0.15, 0.2) is 51.7 Å². The number of para-hydroxylation sites is 1. The van der Waals surface area contributed by atoms with Crippen molar-refractivity contribution >= 4 is 28.7 Å². The van der Waals surface area contributed by atoms with Crippen molar-refractivity contribution in [2.75, 3.05) is 18.6 Å². The topological polar surface area (TPSA) is 81.7 Å². The first kappa shape index (κ1) is 17.1. The van der Waals surface area contributed by atoms with Crippen LogP contribution in [0.25, 0.3) is 11.1 Å². The normalized spacial score (nSPS) is 13.4. The summed E-state index contributed by atoms with van der Waals surface area (Å²) in [4.78, 5) is 38.5.